The number of methoxy groups -OCH3 is 2. The minimum absolute atomic E-state index is 0.0634. The molecular formula is C23H26N2O4. The van der Waals surface area contributed by atoms with Crippen LogP contribution >= 0.6 is 0 Å². The van der Waals surface area contributed by atoms with Crippen molar-refractivity contribution in [2.75, 3.05) is 27.4 Å². The van der Waals surface area contributed by atoms with Gasteiger partial charge in [-0.15, -0.1) is 0 Å². The van der Waals surface area contributed by atoms with E-state index in [1.807, 2.05) is 48.4 Å². The van der Waals surface area contributed by atoms with Gasteiger partial charge in [0.1, 0.15) is 5.75 Å². The molecule has 1 aromatic heterocycles. The van der Waals surface area contributed by atoms with Crippen molar-refractivity contribution in [3.63, 3.8) is 0 Å². The van der Waals surface area contributed by atoms with E-state index in [4.69, 9.17) is 14.2 Å². The highest BCUT2D eigenvalue weighted by Crippen LogP contribution is 2.40. The van der Waals surface area contributed by atoms with E-state index in [9.17, 15) is 4.79 Å². The van der Waals surface area contributed by atoms with Gasteiger partial charge in [-0.3, -0.25) is 4.79 Å². The molecule has 152 valence electrons. The number of carbonyl (C=O) groups is 1. The maximum atomic E-state index is 11.8. The Morgan fingerprint density at radius 1 is 1.17 bits per heavy atom. The maximum absolute atomic E-state index is 11.8. The molecule has 1 N–H and O–H groups in total. The van der Waals surface area contributed by atoms with E-state index in [1.165, 1.54) is 5.56 Å². The molecule has 0 spiro atoms. The zero-order valence-corrected chi connectivity index (χ0v) is 17.0. The number of nitrogens with one attached hydrogen (secondary N) is 1. The monoisotopic (exact) mass is 394 g/mol. The topological polar surface area (TPSA) is 63.8 Å². The number of hydrogen-bond acceptors (Lipinski definition) is 4. The van der Waals surface area contributed by atoms with Gasteiger partial charge < -0.3 is 24.1 Å². The van der Waals surface area contributed by atoms with Crippen LogP contribution in [0.15, 0.2) is 36.5 Å². The summed E-state index contributed by atoms with van der Waals surface area (Å²) >= 11 is 0. The van der Waals surface area contributed by atoms with Crippen LogP contribution in [0.5, 0.6) is 17.2 Å². The Hall–Kier alpha value is -3.15. The molecule has 6 nitrogen and oxygen atoms in total. The van der Waals surface area contributed by atoms with E-state index in [0.717, 1.165) is 46.4 Å². The van der Waals surface area contributed by atoms with Crippen molar-refractivity contribution in [2.24, 2.45) is 0 Å². The molecule has 29 heavy (non-hydrogen) atoms. The summed E-state index contributed by atoms with van der Waals surface area (Å²) in [5.74, 6) is 2.27. The van der Waals surface area contributed by atoms with Crippen LogP contribution in [0, 0.1) is 0 Å². The van der Waals surface area contributed by atoms with Gasteiger partial charge in [0.05, 0.1) is 26.9 Å². The molecule has 2 aromatic carbocycles. The Balaban J connectivity index is 1.77. The molecule has 6 heteroatoms. The first-order valence-electron chi connectivity index (χ1n) is 9.87. The molecule has 2 heterocycles. The Morgan fingerprint density at radius 3 is 2.76 bits per heavy atom. The molecule has 0 radical (unpaired) electrons. The van der Waals surface area contributed by atoms with Gasteiger partial charge in [-0.2, -0.15) is 0 Å². The molecule has 3 aromatic rings. The van der Waals surface area contributed by atoms with Crippen LogP contribution in [-0.2, 0) is 17.6 Å². The number of nitrogens with zero attached hydrogens (tertiary/aromatic N) is 1. The van der Waals surface area contributed by atoms with Crippen LogP contribution in [0.25, 0.3) is 10.9 Å². The minimum atomic E-state index is -0.0634. The van der Waals surface area contributed by atoms with Crippen LogP contribution in [0.3, 0.4) is 0 Å². The van der Waals surface area contributed by atoms with Crippen LogP contribution < -0.4 is 14.2 Å². The smallest absolute Gasteiger partial charge is 0.210 e. The first-order chi connectivity index (χ1) is 14.2. The van der Waals surface area contributed by atoms with Gasteiger partial charge in [0.25, 0.3) is 0 Å². The normalized spacial score (nSPS) is 15.8. The summed E-state index contributed by atoms with van der Waals surface area (Å²) < 4.78 is 16.7. The molecule has 4 rings (SSSR count). The Morgan fingerprint density at radius 2 is 2.03 bits per heavy atom. The molecule has 1 unspecified atom stereocenters. The molecule has 1 aliphatic rings. The largest absolute Gasteiger partial charge is 0.497 e. The predicted molar refractivity (Wildman–Crippen MR) is 112 cm³/mol. The molecule has 1 atom stereocenters. The minimum Gasteiger partial charge on any atom is -0.497 e. The number of rotatable bonds is 7. The number of aromatic amines is 1. The fraction of sp³-hybridized carbons (Fsp3) is 0.348. The number of fused-ring (bicyclic) bond motifs is 2. The Kier molecular flexibility index (Phi) is 5.34. The lowest BCUT2D eigenvalue weighted by molar-refractivity contribution is -0.120. The van der Waals surface area contributed by atoms with E-state index in [2.05, 4.69) is 4.98 Å². The fourth-order valence-electron chi connectivity index (χ4n) is 4.17. The molecule has 0 saturated carbocycles. The Labute approximate surface area is 170 Å². The van der Waals surface area contributed by atoms with Crippen LogP contribution in [0.1, 0.15) is 29.7 Å². The number of hydrogen-bond donors (Lipinski definition) is 1. The third kappa shape index (κ3) is 3.50. The van der Waals surface area contributed by atoms with Crippen molar-refractivity contribution in [3.8, 4) is 17.2 Å². The van der Waals surface area contributed by atoms with Gasteiger partial charge in [-0.05, 0) is 66.8 Å². The van der Waals surface area contributed by atoms with Crippen LogP contribution in [0.2, 0.25) is 0 Å². The lowest BCUT2D eigenvalue weighted by atomic mass is 9.88. The van der Waals surface area contributed by atoms with Gasteiger partial charge in [0.2, 0.25) is 6.41 Å². The van der Waals surface area contributed by atoms with E-state index < -0.39 is 0 Å². The summed E-state index contributed by atoms with van der Waals surface area (Å²) in [5, 5.41) is 1.11. The van der Waals surface area contributed by atoms with Crippen molar-refractivity contribution in [1.82, 2.24) is 9.88 Å². The van der Waals surface area contributed by atoms with Crippen molar-refractivity contribution >= 4 is 17.3 Å². The summed E-state index contributed by atoms with van der Waals surface area (Å²) in [4.78, 5) is 17.1. The summed E-state index contributed by atoms with van der Waals surface area (Å²) in [6, 6.07) is 10.0. The number of H-pyrrole nitrogens is 1. The summed E-state index contributed by atoms with van der Waals surface area (Å²) in [6.07, 6.45) is 4.48. The summed E-state index contributed by atoms with van der Waals surface area (Å²) in [6.45, 7) is 3.19. The predicted octanol–water partition coefficient (Wildman–Crippen LogP) is 3.88. The number of ether oxygens (including phenoxy) is 3. The first kappa shape index (κ1) is 19.2. The van der Waals surface area contributed by atoms with E-state index in [-0.39, 0.29) is 6.04 Å². The summed E-state index contributed by atoms with van der Waals surface area (Å²) in [5.41, 5.74) is 4.52. The van der Waals surface area contributed by atoms with E-state index in [1.54, 1.807) is 14.2 Å². The lowest BCUT2D eigenvalue weighted by Crippen LogP contribution is -2.35. The standard InChI is InChI=1S/C23H26N2O4/c1-4-29-23-12-19-15(10-22(23)28-3)7-8-25(14-26)21(19)9-16-13-24-20-6-5-17(27-2)11-18(16)20/h5-6,10-14,21,24H,4,7-9H2,1-3H3. The lowest BCUT2D eigenvalue weighted by Gasteiger charge is -2.35. The van der Waals surface area contributed by atoms with Gasteiger partial charge in [0, 0.05) is 23.6 Å². The first-order valence-corrected chi connectivity index (χ1v) is 9.87. The van der Waals surface area contributed by atoms with Crippen LogP contribution in [-0.4, -0.2) is 43.7 Å². The molecule has 0 saturated heterocycles. The number of carbonyl (C=O) groups excluding carboxylic acids is 1. The molecule has 0 aliphatic carbocycles. The average Bonchev–Trinajstić information content (AvgIpc) is 3.15. The molecule has 1 amide bonds. The van der Waals surface area contributed by atoms with Crippen LogP contribution in [0.4, 0.5) is 0 Å². The number of benzene rings is 2. The number of aromatic nitrogens is 1. The SMILES string of the molecule is CCOc1cc2c(cc1OC)CCN(C=O)C2Cc1c[nH]c2ccc(OC)cc12. The third-order valence-electron chi connectivity index (χ3n) is 5.65. The van der Waals surface area contributed by atoms with Gasteiger partial charge in [0.15, 0.2) is 11.5 Å². The van der Waals surface area contributed by atoms with E-state index in [0.29, 0.717) is 25.3 Å². The quantitative estimate of drug-likeness (QED) is 0.618. The number of amides is 1. The fourth-order valence-corrected chi connectivity index (χ4v) is 4.17. The van der Waals surface area contributed by atoms with Gasteiger partial charge >= 0.3 is 0 Å². The second-order valence-corrected chi connectivity index (χ2v) is 7.17. The highest BCUT2D eigenvalue weighted by molar-refractivity contribution is 5.84. The molecule has 0 bridgehead atoms. The molecule has 0 fully saturated rings. The van der Waals surface area contributed by atoms with E-state index >= 15 is 0 Å². The third-order valence-corrected chi connectivity index (χ3v) is 5.65. The molecule has 1 aliphatic heterocycles. The second kappa shape index (κ2) is 8.07. The highest BCUT2D eigenvalue weighted by atomic mass is 16.5. The molecular weight excluding hydrogens is 368 g/mol. The van der Waals surface area contributed by atoms with Crippen molar-refractivity contribution in [1.29, 1.82) is 0 Å². The van der Waals surface area contributed by atoms with Gasteiger partial charge in [-0.25, -0.2) is 0 Å². The van der Waals surface area contributed by atoms with Crippen molar-refractivity contribution < 1.29 is 19.0 Å². The average molecular weight is 394 g/mol. The van der Waals surface area contributed by atoms with Crippen molar-refractivity contribution in [3.05, 3.63) is 53.2 Å². The maximum Gasteiger partial charge on any atom is 0.210 e. The zero-order chi connectivity index (χ0) is 20.4. The van der Waals surface area contributed by atoms with Crippen molar-refractivity contribution in [2.45, 2.75) is 25.8 Å². The summed E-state index contributed by atoms with van der Waals surface area (Å²) in [7, 11) is 3.32. The highest BCUT2D eigenvalue weighted by Gasteiger charge is 2.29. The Bertz CT molecular complexity index is 1030. The zero-order valence-electron chi connectivity index (χ0n) is 17.0. The van der Waals surface area contributed by atoms with Gasteiger partial charge in [-0.1, -0.05) is 0 Å². The second-order valence-electron chi connectivity index (χ2n) is 7.17.